The summed E-state index contributed by atoms with van der Waals surface area (Å²) in [6.45, 7) is 8.94. The Bertz CT molecular complexity index is 1020. The van der Waals surface area contributed by atoms with E-state index >= 15 is 0 Å². The number of alkyl halides is 3. The van der Waals surface area contributed by atoms with E-state index in [-0.39, 0.29) is 28.7 Å². The van der Waals surface area contributed by atoms with Gasteiger partial charge in [0.15, 0.2) is 5.60 Å². The molecule has 37 heavy (non-hydrogen) atoms. The summed E-state index contributed by atoms with van der Waals surface area (Å²) in [5, 5.41) is 21.6. The van der Waals surface area contributed by atoms with Crippen LogP contribution in [0.25, 0.3) is 0 Å². The molecule has 4 aliphatic rings. The summed E-state index contributed by atoms with van der Waals surface area (Å²) in [6.07, 6.45) is 6.12. The molecular weight excluding hydrogens is 473 g/mol. The highest BCUT2D eigenvalue weighted by Gasteiger charge is 2.60. The molecule has 3 fully saturated rings. The Balaban J connectivity index is 1.32. The minimum atomic E-state index is -4.71. The van der Waals surface area contributed by atoms with Crippen LogP contribution in [-0.4, -0.2) is 22.0 Å². The SMILES string of the molecule is C[C@H](CCC(O)(c1ccccc1)C(F)(F)F)[C@H]1CC[C@H]2[C@@H]3CC=C4C[C@@](C)(O)CC[C@]4(C)[C@H]3CC[C@]12C. The minimum absolute atomic E-state index is 0.0600. The first-order valence-electron chi connectivity index (χ1n) is 14.5. The van der Waals surface area contributed by atoms with Gasteiger partial charge in [0.1, 0.15) is 0 Å². The molecule has 3 saturated carbocycles. The fourth-order valence-corrected chi connectivity index (χ4v) is 9.58. The van der Waals surface area contributed by atoms with Gasteiger partial charge in [-0.05, 0) is 117 Å². The normalized spacial score (nSPS) is 42.1. The Morgan fingerprint density at radius 1 is 0.973 bits per heavy atom. The number of fused-ring (bicyclic) bond motifs is 5. The Labute approximate surface area is 220 Å². The van der Waals surface area contributed by atoms with Crippen molar-refractivity contribution < 1.29 is 23.4 Å². The quantitative estimate of drug-likeness (QED) is 0.386. The summed E-state index contributed by atoms with van der Waals surface area (Å²) >= 11 is 0. The van der Waals surface area contributed by atoms with Crippen LogP contribution in [0, 0.1) is 40.4 Å². The standard InChI is InChI=1S/C32H45F3O2/c1-21(14-17-31(37,32(33,34)35)22-8-6-5-7-9-22)25-12-13-26-24-11-10-23-20-28(2,36)18-19-29(23,3)27(24)15-16-30(25,26)4/h5-10,21,24-27,36-37H,11-20H2,1-4H3/t21-,24+,25-,26+,27+,28+,29+,30-,31?/m1/s1. The molecule has 0 bridgehead atoms. The largest absolute Gasteiger partial charge is 0.421 e. The van der Waals surface area contributed by atoms with Crippen molar-refractivity contribution >= 4 is 0 Å². The Morgan fingerprint density at radius 2 is 1.68 bits per heavy atom. The molecule has 5 rings (SSSR count). The van der Waals surface area contributed by atoms with E-state index in [0.717, 1.165) is 44.9 Å². The molecule has 5 heteroatoms. The molecule has 2 N–H and O–H groups in total. The lowest BCUT2D eigenvalue weighted by molar-refractivity contribution is -0.270. The van der Waals surface area contributed by atoms with Crippen LogP contribution in [0.5, 0.6) is 0 Å². The number of halogens is 3. The summed E-state index contributed by atoms with van der Waals surface area (Å²) in [7, 11) is 0. The van der Waals surface area contributed by atoms with E-state index in [4.69, 9.17) is 0 Å². The molecule has 1 unspecified atom stereocenters. The maximum Gasteiger partial charge on any atom is 0.421 e. The van der Waals surface area contributed by atoms with Gasteiger partial charge in [-0.25, -0.2) is 0 Å². The average Bonchev–Trinajstić information content (AvgIpc) is 3.20. The fourth-order valence-electron chi connectivity index (χ4n) is 9.58. The van der Waals surface area contributed by atoms with Crippen molar-refractivity contribution in [2.45, 2.75) is 109 Å². The molecule has 1 aromatic carbocycles. The molecule has 0 aromatic heterocycles. The number of benzene rings is 1. The van der Waals surface area contributed by atoms with Gasteiger partial charge in [-0.1, -0.05) is 62.8 Å². The third-order valence-corrected chi connectivity index (χ3v) is 11.8. The Morgan fingerprint density at radius 3 is 2.35 bits per heavy atom. The van der Waals surface area contributed by atoms with Crippen molar-refractivity contribution in [2.75, 3.05) is 0 Å². The van der Waals surface area contributed by atoms with E-state index in [1.165, 1.54) is 24.1 Å². The zero-order chi connectivity index (χ0) is 26.9. The molecule has 0 aliphatic heterocycles. The van der Waals surface area contributed by atoms with Gasteiger partial charge in [-0.3, -0.25) is 0 Å². The molecule has 2 nitrogen and oxygen atoms in total. The third kappa shape index (κ3) is 4.40. The number of hydrogen-bond acceptors (Lipinski definition) is 2. The zero-order valence-corrected chi connectivity index (χ0v) is 23.0. The molecule has 0 amide bonds. The first-order valence-corrected chi connectivity index (χ1v) is 14.5. The van der Waals surface area contributed by atoms with Crippen molar-refractivity contribution in [3.8, 4) is 0 Å². The van der Waals surface area contributed by atoms with Gasteiger partial charge >= 0.3 is 6.18 Å². The van der Waals surface area contributed by atoms with Crippen molar-refractivity contribution in [3.63, 3.8) is 0 Å². The summed E-state index contributed by atoms with van der Waals surface area (Å²) < 4.78 is 42.3. The van der Waals surface area contributed by atoms with E-state index in [9.17, 15) is 23.4 Å². The summed E-state index contributed by atoms with van der Waals surface area (Å²) in [6, 6.07) is 7.59. The number of hydrogen-bond donors (Lipinski definition) is 2. The van der Waals surface area contributed by atoms with Gasteiger partial charge in [0.05, 0.1) is 5.60 Å². The van der Waals surface area contributed by atoms with Gasteiger partial charge in [0.2, 0.25) is 0 Å². The average molecular weight is 519 g/mol. The highest BCUT2D eigenvalue weighted by Crippen LogP contribution is 2.68. The maximum absolute atomic E-state index is 14.1. The summed E-state index contributed by atoms with van der Waals surface area (Å²) in [4.78, 5) is 0. The van der Waals surface area contributed by atoms with Gasteiger partial charge in [0.25, 0.3) is 0 Å². The molecule has 0 radical (unpaired) electrons. The molecule has 1 aromatic rings. The zero-order valence-electron chi connectivity index (χ0n) is 23.0. The van der Waals surface area contributed by atoms with E-state index in [1.807, 2.05) is 6.92 Å². The molecule has 4 aliphatic carbocycles. The molecule has 206 valence electrons. The van der Waals surface area contributed by atoms with E-state index in [1.54, 1.807) is 18.2 Å². The lowest BCUT2D eigenvalue weighted by Gasteiger charge is -2.59. The predicted octanol–water partition coefficient (Wildman–Crippen LogP) is 8.18. The van der Waals surface area contributed by atoms with E-state index in [0.29, 0.717) is 30.1 Å². The van der Waals surface area contributed by atoms with Gasteiger partial charge in [-0.15, -0.1) is 0 Å². The topological polar surface area (TPSA) is 40.5 Å². The van der Waals surface area contributed by atoms with Crippen molar-refractivity contribution in [1.82, 2.24) is 0 Å². The van der Waals surface area contributed by atoms with Gasteiger partial charge in [-0.2, -0.15) is 13.2 Å². The summed E-state index contributed by atoms with van der Waals surface area (Å²) in [5.74, 6) is 2.39. The molecule has 0 spiro atoms. The molecular formula is C32H45F3O2. The Hall–Kier alpha value is -1.33. The monoisotopic (exact) mass is 518 g/mol. The van der Waals surface area contributed by atoms with Crippen LogP contribution in [0.4, 0.5) is 13.2 Å². The van der Waals surface area contributed by atoms with Crippen LogP contribution in [-0.2, 0) is 5.60 Å². The van der Waals surface area contributed by atoms with Gasteiger partial charge in [0, 0.05) is 0 Å². The fraction of sp³-hybridized carbons (Fsp3) is 0.750. The number of aliphatic hydroxyl groups is 2. The Kier molecular flexibility index (Phi) is 6.71. The van der Waals surface area contributed by atoms with Crippen LogP contribution < -0.4 is 0 Å². The van der Waals surface area contributed by atoms with Crippen molar-refractivity contribution in [3.05, 3.63) is 47.5 Å². The lowest BCUT2D eigenvalue weighted by Crippen LogP contribution is -2.52. The highest BCUT2D eigenvalue weighted by molar-refractivity contribution is 5.27. The second-order valence-corrected chi connectivity index (χ2v) is 13.9. The van der Waals surface area contributed by atoms with E-state index < -0.39 is 17.4 Å². The maximum atomic E-state index is 14.1. The number of rotatable bonds is 5. The van der Waals surface area contributed by atoms with Crippen molar-refractivity contribution in [2.24, 2.45) is 40.4 Å². The van der Waals surface area contributed by atoms with E-state index in [2.05, 4.69) is 26.8 Å². The first kappa shape index (κ1) is 27.2. The summed E-state index contributed by atoms with van der Waals surface area (Å²) in [5.41, 5.74) is -1.67. The molecule has 0 heterocycles. The predicted molar refractivity (Wildman–Crippen MR) is 141 cm³/mol. The second kappa shape index (κ2) is 9.11. The molecule has 9 atom stereocenters. The van der Waals surface area contributed by atoms with Crippen LogP contribution >= 0.6 is 0 Å². The van der Waals surface area contributed by atoms with Crippen LogP contribution in [0.15, 0.2) is 42.0 Å². The van der Waals surface area contributed by atoms with Crippen molar-refractivity contribution in [1.29, 1.82) is 0 Å². The van der Waals surface area contributed by atoms with Crippen LogP contribution in [0.1, 0.15) is 97.5 Å². The van der Waals surface area contributed by atoms with Gasteiger partial charge < -0.3 is 10.2 Å². The molecule has 0 saturated heterocycles. The minimum Gasteiger partial charge on any atom is -0.390 e. The van der Waals surface area contributed by atoms with Crippen LogP contribution in [0.2, 0.25) is 0 Å². The number of allylic oxidation sites excluding steroid dienone is 1. The third-order valence-electron chi connectivity index (χ3n) is 11.8. The highest BCUT2D eigenvalue weighted by atomic mass is 19.4. The first-order chi connectivity index (χ1) is 17.2. The van der Waals surface area contributed by atoms with Crippen LogP contribution in [0.3, 0.4) is 0 Å². The second-order valence-electron chi connectivity index (χ2n) is 13.9. The smallest absolute Gasteiger partial charge is 0.390 e. The lowest BCUT2D eigenvalue weighted by atomic mass is 9.46.